The van der Waals surface area contributed by atoms with Gasteiger partial charge in [0.25, 0.3) is 0 Å². The van der Waals surface area contributed by atoms with Crippen molar-refractivity contribution in [1.29, 1.82) is 0 Å². The predicted molar refractivity (Wildman–Crippen MR) is 95.5 cm³/mol. The van der Waals surface area contributed by atoms with Crippen molar-refractivity contribution in [2.24, 2.45) is 0 Å². The van der Waals surface area contributed by atoms with E-state index in [1.165, 1.54) is 7.11 Å². The number of rotatable bonds is 7. The fourth-order valence-electron chi connectivity index (χ4n) is 2.26. The SMILES string of the molecule is COC(=O)CCN(Cc1ccc(OC)cc1)C(=O)Nc1ccccc1. The third kappa shape index (κ3) is 5.84. The van der Waals surface area contributed by atoms with Crippen molar-refractivity contribution >= 4 is 17.7 Å². The quantitative estimate of drug-likeness (QED) is 0.784. The second-order valence-corrected chi connectivity index (χ2v) is 5.39. The van der Waals surface area contributed by atoms with Crippen LogP contribution in [0.2, 0.25) is 0 Å². The molecule has 0 saturated carbocycles. The van der Waals surface area contributed by atoms with Gasteiger partial charge in [-0.25, -0.2) is 4.79 Å². The molecule has 2 aromatic rings. The Balaban J connectivity index is 2.07. The smallest absolute Gasteiger partial charge is 0.322 e. The van der Waals surface area contributed by atoms with Crippen molar-refractivity contribution in [3.05, 3.63) is 60.2 Å². The summed E-state index contributed by atoms with van der Waals surface area (Å²) in [5.41, 5.74) is 1.64. The zero-order valence-corrected chi connectivity index (χ0v) is 14.4. The topological polar surface area (TPSA) is 67.9 Å². The van der Waals surface area contributed by atoms with Crippen molar-refractivity contribution in [3.63, 3.8) is 0 Å². The molecule has 2 rings (SSSR count). The van der Waals surface area contributed by atoms with E-state index in [1.54, 1.807) is 12.0 Å². The third-order valence-corrected chi connectivity index (χ3v) is 3.66. The Morgan fingerprint density at radius 2 is 1.68 bits per heavy atom. The second-order valence-electron chi connectivity index (χ2n) is 5.39. The molecule has 0 atom stereocenters. The van der Waals surface area contributed by atoms with Crippen LogP contribution < -0.4 is 10.1 Å². The Morgan fingerprint density at radius 1 is 1.00 bits per heavy atom. The van der Waals surface area contributed by atoms with Gasteiger partial charge in [0.15, 0.2) is 0 Å². The van der Waals surface area contributed by atoms with Crippen LogP contribution in [0.25, 0.3) is 0 Å². The van der Waals surface area contributed by atoms with Crippen LogP contribution in [-0.2, 0) is 16.1 Å². The Hall–Kier alpha value is -3.02. The van der Waals surface area contributed by atoms with Crippen LogP contribution in [0.4, 0.5) is 10.5 Å². The number of anilines is 1. The van der Waals surface area contributed by atoms with Gasteiger partial charge < -0.3 is 19.7 Å². The van der Waals surface area contributed by atoms with Gasteiger partial charge in [0.05, 0.1) is 20.6 Å². The summed E-state index contributed by atoms with van der Waals surface area (Å²) >= 11 is 0. The fraction of sp³-hybridized carbons (Fsp3) is 0.263. The van der Waals surface area contributed by atoms with E-state index >= 15 is 0 Å². The molecule has 6 heteroatoms. The number of benzene rings is 2. The summed E-state index contributed by atoms with van der Waals surface area (Å²) < 4.78 is 9.81. The Morgan fingerprint density at radius 3 is 2.28 bits per heavy atom. The number of nitrogens with one attached hydrogen (secondary N) is 1. The molecule has 6 nitrogen and oxygen atoms in total. The number of nitrogens with zero attached hydrogens (tertiary/aromatic N) is 1. The van der Waals surface area contributed by atoms with Crippen LogP contribution in [0.5, 0.6) is 5.75 Å². The highest BCUT2D eigenvalue weighted by Gasteiger charge is 2.16. The zero-order valence-electron chi connectivity index (χ0n) is 14.4. The zero-order chi connectivity index (χ0) is 18.1. The van der Waals surface area contributed by atoms with Crippen LogP contribution in [0.3, 0.4) is 0 Å². The third-order valence-electron chi connectivity index (χ3n) is 3.66. The van der Waals surface area contributed by atoms with Gasteiger partial charge in [-0.3, -0.25) is 4.79 Å². The van der Waals surface area contributed by atoms with Crippen LogP contribution in [0, 0.1) is 0 Å². The van der Waals surface area contributed by atoms with Crippen molar-refractivity contribution in [2.45, 2.75) is 13.0 Å². The molecule has 2 amide bonds. The van der Waals surface area contributed by atoms with Gasteiger partial charge in [-0.15, -0.1) is 0 Å². The Labute approximate surface area is 147 Å². The summed E-state index contributed by atoms with van der Waals surface area (Å²) in [7, 11) is 2.94. The van der Waals surface area contributed by atoms with Crippen LogP contribution in [-0.4, -0.2) is 37.7 Å². The molecule has 0 fully saturated rings. The molecule has 0 bridgehead atoms. The monoisotopic (exact) mass is 342 g/mol. The molecule has 2 aromatic carbocycles. The predicted octanol–water partition coefficient (Wildman–Crippen LogP) is 3.29. The Kier molecular flexibility index (Phi) is 6.83. The van der Waals surface area contributed by atoms with Crippen LogP contribution in [0.1, 0.15) is 12.0 Å². The minimum Gasteiger partial charge on any atom is -0.497 e. The molecule has 0 aliphatic rings. The number of ether oxygens (including phenoxy) is 2. The van der Waals surface area contributed by atoms with Crippen LogP contribution >= 0.6 is 0 Å². The summed E-state index contributed by atoms with van der Waals surface area (Å²) in [6, 6.07) is 16.4. The van der Waals surface area contributed by atoms with E-state index in [2.05, 4.69) is 10.1 Å². The van der Waals surface area contributed by atoms with E-state index in [-0.39, 0.29) is 25.0 Å². The number of amides is 2. The maximum absolute atomic E-state index is 12.6. The first-order valence-electron chi connectivity index (χ1n) is 7.93. The van der Waals surface area contributed by atoms with Gasteiger partial charge in [0, 0.05) is 18.8 Å². The number of carbonyl (C=O) groups excluding carboxylic acids is 2. The highest BCUT2D eigenvalue weighted by molar-refractivity contribution is 5.89. The summed E-state index contributed by atoms with van der Waals surface area (Å²) in [4.78, 5) is 25.6. The van der Waals surface area contributed by atoms with Gasteiger partial charge in [0.2, 0.25) is 0 Å². The molecule has 0 spiro atoms. The first-order valence-corrected chi connectivity index (χ1v) is 7.93. The lowest BCUT2D eigenvalue weighted by molar-refractivity contribution is -0.140. The largest absolute Gasteiger partial charge is 0.497 e. The number of hydrogen-bond donors (Lipinski definition) is 1. The summed E-state index contributed by atoms with van der Waals surface area (Å²) in [6.07, 6.45) is 0.134. The molecule has 0 unspecified atom stereocenters. The highest BCUT2D eigenvalue weighted by atomic mass is 16.5. The first kappa shape index (κ1) is 18.3. The summed E-state index contributed by atoms with van der Waals surface area (Å²) in [6.45, 7) is 0.636. The lowest BCUT2D eigenvalue weighted by Crippen LogP contribution is -2.36. The van der Waals surface area contributed by atoms with E-state index in [4.69, 9.17) is 4.74 Å². The minimum absolute atomic E-state index is 0.134. The van der Waals surface area contributed by atoms with E-state index in [0.29, 0.717) is 12.2 Å². The first-order chi connectivity index (χ1) is 12.1. The molecule has 0 aliphatic heterocycles. The normalized spacial score (nSPS) is 10.0. The Bertz CT molecular complexity index is 686. The van der Waals surface area contributed by atoms with Gasteiger partial charge >= 0.3 is 12.0 Å². The van der Waals surface area contributed by atoms with Crippen molar-refractivity contribution in [1.82, 2.24) is 4.90 Å². The maximum atomic E-state index is 12.6. The molecule has 0 radical (unpaired) electrons. The lowest BCUT2D eigenvalue weighted by Gasteiger charge is -2.23. The number of para-hydroxylation sites is 1. The van der Waals surface area contributed by atoms with Crippen molar-refractivity contribution < 1.29 is 19.1 Å². The summed E-state index contributed by atoms with van der Waals surface area (Å²) in [5.74, 6) is 0.394. The molecule has 0 aliphatic carbocycles. The molecule has 0 aromatic heterocycles. The highest BCUT2D eigenvalue weighted by Crippen LogP contribution is 2.14. The molecule has 132 valence electrons. The van der Waals surface area contributed by atoms with E-state index in [0.717, 1.165) is 11.3 Å². The minimum atomic E-state index is -0.354. The molecular weight excluding hydrogens is 320 g/mol. The summed E-state index contributed by atoms with van der Waals surface area (Å²) in [5, 5.41) is 2.84. The van der Waals surface area contributed by atoms with Gasteiger partial charge in [0.1, 0.15) is 5.75 Å². The van der Waals surface area contributed by atoms with E-state index in [1.807, 2.05) is 54.6 Å². The molecular formula is C19H22N2O4. The van der Waals surface area contributed by atoms with Gasteiger partial charge in [-0.05, 0) is 29.8 Å². The number of urea groups is 1. The van der Waals surface area contributed by atoms with E-state index in [9.17, 15) is 9.59 Å². The number of carbonyl (C=O) groups is 2. The molecule has 0 heterocycles. The molecule has 25 heavy (non-hydrogen) atoms. The van der Waals surface area contributed by atoms with Crippen molar-refractivity contribution in [3.8, 4) is 5.75 Å². The van der Waals surface area contributed by atoms with Gasteiger partial charge in [-0.1, -0.05) is 30.3 Å². The van der Waals surface area contributed by atoms with E-state index < -0.39 is 0 Å². The molecule has 0 saturated heterocycles. The number of esters is 1. The number of methoxy groups -OCH3 is 2. The fourth-order valence-corrected chi connectivity index (χ4v) is 2.26. The van der Waals surface area contributed by atoms with Crippen LogP contribution in [0.15, 0.2) is 54.6 Å². The lowest BCUT2D eigenvalue weighted by atomic mass is 10.2. The maximum Gasteiger partial charge on any atom is 0.322 e. The molecule has 1 N–H and O–H groups in total. The van der Waals surface area contributed by atoms with Crippen molar-refractivity contribution in [2.75, 3.05) is 26.1 Å². The standard InChI is InChI=1S/C19H22N2O4/c1-24-17-10-8-15(9-11-17)14-21(13-12-18(22)25-2)19(23)20-16-6-4-3-5-7-16/h3-11H,12-14H2,1-2H3,(H,20,23). The van der Waals surface area contributed by atoms with Gasteiger partial charge in [-0.2, -0.15) is 0 Å². The average molecular weight is 342 g/mol. The average Bonchev–Trinajstić information content (AvgIpc) is 2.66. The second kappa shape index (κ2) is 9.32. The number of hydrogen-bond acceptors (Lipinski definition) is 4.